The molecule has 1 rings (SSSR count). The van der Waals surface area contributed by atoms with Crippen molar-refractivity contribution in [2.24, 2.45) is 0 Å². The molecule has 0 aliphatic rings. The van der Waals surface area contributed by atoms with E-state index in [1.165, 1.54) is 0 Å². The van der Waals surface area contributed by atoms with Crippen LogP contribution in [-0.4, -0.2) is 14.7 Å². The molecule has 1 atom stereocenters. The third kappa shape index (κ3) is 3.71. The van der Waals surface area contributed by atoms with Crippen LogP contribution in [0.25, 0.3) is 0 Å². The first-order valence-electron chi connectivity index (χ1n) is 3.23. The van der Waals surface area contributed by atoms with Gasteiger partial charge in [0.25, 0.3) is 0 Å². The molecular weight excluding hydrogens is 274 g/mol. The topological polar surface area (TPSA) is 80.3 Å². The van der Waals surface area contributed by atoms with Crippen LogP contribution in [0, 0.1) is 0 Å². The van der Waals surface area contributed by atoms with Crippen LogP contribution in [-0.2, 0) is 11.1 Å². The second-order valence-corrected chi connectivity index (χ2v) is 4.01. The minimum Gasteiger partial charge on any atom is -0.768 e. The molecule has 0 radical (unpaired) electrons. The second-order valence-electron chi connectivity index (χ2n) is 2.28. The van der Waals surface area contributed by atoms with E-state index < -0.39 is 22.6 Å². The first kappa shape index (κ1) is 15.4. The van der Waals surface area contributed by atoms with Crippen molar-refractivity contribution < 1.29 is 48.2 Å². The van der Waals surface area contributed by atoms with Crippen LogP contribution in [0.3, 0.4) is 0 Å². The van der Waals surface area contributed by atoms with E-state index in [1.807, 2.05) is 0 Å². The van der Waals surface area contributed by atoms with Gasteiger partial charge in [-0.3, -0.25) is 4.21 Å². The van der Waals surface area contributed by atoms with E-state index in [0.717, 1.165) is 12.1 Å². The van der Waals surface area contributed by atoms with E-state index in [4.69, 9.17) is 23.2 Å². The zero-order chi connectivity index (χ0) is 10.9. The molecule has 0 N–H and O–H groups in total. The Bertz CT molecular complexity index is 388. The number of carboxylic acids is 1. The van der Waals surface area contributed by atoms with Crippen molar-refractivity contribution in [3.63, 3.8) is 0 Å². The number of halogens is 2. The van der Waals surface area contributed by atoms with Gasteiger partial charge in [-0.2, -0.15) is 0 Å². The average Bonchev–Trinajstić information content (AvgIpc) is 2.02. The fraction of sp³-hybridized carbons (Fsp3) is 0. The maximum absolute atomic E-state index is 10.6. The molecule has 76 valence electrons. The number of carbonyl (C=O) groups is 1. The van der Waals surface area contributed by atoms with Gasteiger partial charge in [-0.25, -0.2) is 0 Å². The first-order chi connectivity index (χ1) is 6.43. The van der Waals surface area contributed by atoms with Gasteiger partial charge in [0.1, 0.15) is 0 Å². The molecular formula is C7H2Cl2NaO4S-. The van der Waals surface area contributed by atoms with Gasteiger partial charge in [0.2, 0.25) is 0 Å². The minimum absolute atomic E-state index is 0. The Kier molecular flexibility index (Phi) is 6.36. The summed E-state index contributed by atoms with van der Waals surface area (Å²) in [4.78, 5) is 10.1. The SMILES string of the molecule is O=C([O-])c1cc(S(=O)[O-])c(Cl)cc1Cl.[Na+]. The molecule has 0 aromatic heterocycles. The fourth-order valence-corrected chi connectivity index (χ4v) is 1.89. The van der Waals surface area contributed by atoms with Crippen LogP contribution >= 0.6 is 23.2 Å². The van der Waals surface area contributed by atoms with Crippen molar-refractivity contribution in [1.29, 1.82) is 0 Å². The molecule has 0 spiro atoms. The van der Waals surface area contributed by atoms with Crippen LogP contribution in [0.1, 0.15) is 10.4 Å². The Morgan fingerprint density at radius 2 is 1.80 bits per heavy atom. The summed E-state index contributed by atoms with van der Waals surface area (Å²) in [5.74, 6) is -1.56. The van der Waals surface area contributed by atoms with E-state index in [0.29, 0.717) is 0 Å². The van der Waals surface area contributed by atoms with E-state index in [9.17, 15) is 18.7 Å². The molecule has 0 saturated heterocycles. The Hall–Kier alpha value is 0.380. The fourth-order valence-electron chi connectivity index (χ4n) is 0.813. The number of aromatic carboxylic acids is 1. The summed E-state index contributed by atoms with van der Waals surface area (Å²) in [6.07, 6.45) is 0. The molecule has 1 unspecified atom stereocenters. The number of hydrogen-bond donors (Lipinski definition) is 0. The van der Waals surface area contributed by atoms with Gasteiger partial charge < -0.3 is 14.5 Å². The molecule has 4 nitrogen and oxygen atoms in total. The third-order valence-electron chi connectivity index (χ3n) is 1.42. The van der Waals surface area contributed by atoms with Crippen molar-refractivity contribution in [1.82, 2.24) is 0 Å². The average molecular weight is 276 g/mol. The van der Waals surface area contributed by atoms with Crippen molar-refractivity contribution in [2.75, 3.05) is 0 Å². The van der Waals surface area contributed by atoms with Crippen molar-refractivity contribution >= 4 is 40.3 Å². The standard InChI is InChI=1S/C7H4Cl2O4S.Na/c8-4-2-5(9)6(14(12)13)1-3(4)7(10)11;/h1-2H,(H,10,11)(H,12,13);/q;+1/p-2. The van der Waals surface area contributed by atoms with Gasteiger partial charge in [-0.05, 0) is 23.2 Å². The number of benzene rings is 1. The third-order valence-corrected chi connectivity index (χ3v) is 2.86. The Balaban J connectivity index is 0.00000196. The zero-order valence-corrected chi connectivity index (χ0v) is 11.8. The summed E-state index contributed by atoms with van der Waals surface area (Å²) in [5, 5.41) is 10.2. The molecule has 0 saturated carbocycles. The molecule has 0 bridgehead atoms. The summed E-state index contributed by atoms with van der Waals surface area (Å²) in [6.45, 7) is 0. The van der Waals surface area contributed by atoms with E-state index in [1.54, 1.807) is 0 Å². The predicted octanol–water partition coefficient (Wildman–Crippen LogP) is -2.40. The van der Waals surface area contributed by atoms with E-state index in [-0.39, 0.29) is 44.5 Å². The van der Waals surface area contributed by atoms with Gasteiger partial charge >= 0.3 is 29.6 Å². The molecule has 1 aromatic carbocycles. The number of rotatable bonds is 2. The number of carboxylic acid groups (broad SMARTS) is 1. The largest absolute Gasteiger partial charge is 1.00 e. The molecule has 0 aliphatic carbocycles. The zero-order valence-electron chi connectivity index (χ0n) is 7.45. The van der Waals surface area contributed by atoms with Gasteiger partial charge in [0, 0.05) is 10.5 Å². The first-order valence-corrected chi connectivity index (χ1v) is 5.06. The Morgan fingerprint density at radius 1 is 1.27 bits per heavy atom. The maximum atomic E-state index is 10.6. The van der Waals surface area contributed by atoms with Gasteiger partial charge in [-0.1, -0.05) is 23.2 Å². The number of carbonyl (C=O) groups excluding carboxylic acids is 1. The Morgan fingerprint density at radius 3 is 2.20 bits per heavy atom. The smallest absolute Gasteiger partial charge is 0.768 e. The van der Waals surface area contributed by atoms with Crippen LogP contribution in [0.15, 0.2) is 17.0 Å². The van der Waals surface area contributed by atoms with Crippen LogP contribution < -0.4 is 34.7 Å². The normalized spacial score (nSPS) is 11.7. The van der Waals surface area contributed by atoms with Crippen molar-refractivity contribution in [2.45, 2.75) is 4.90 Å². The van der Waals surface area contributed by atoms with Crippen LogP contribution in [0.4, 0.5) is 0 Å². The van der Waals surface area contributed by atoms with Gasteiger partial charge in [0.15, 0.2) is 0 Å². The van der Waals surface area contributed by atoms with Crippen LogP contribution in [0.5, 0.6) is 0 Å². The molecule has 0 amide bonds. The molecule has 0 aliphatic heterocycles. The molecule has 0 fully saturated rings. The van der Waals surface area contributed by atoms with Crippen LogP contribution in [0.2, 0.25) is 10.0 Å². The van der Waals surface area contributed by atoms with E-state index in [2.05, 4.69) is 0 Å². The second kappa shape index (κ2) is 6.20. The maximum Gasteiger partial charge on any atom is 1.00 e. The quantitative estimate of drug-likeness (QED) is 0.445. The number of hydrogen-bond acceptors (Lipinski definition) is 4. The molecule has 1 aromatic rings. The van der Waals surface area contributed by atoms with Crippen molar-refractivity contribution in [3.8, 4) is 0 Å². The predicted molar refractivity (Wildman–Crippen MR) is 48.0 cm³/mol. The summed E-state index contributed by atoms with van der Waals surface area (Å²) >= 11 is 8.40. The Labute approximate surface area is 120 Å². The van der Waals surface area contributed by atoms with Gasteiger partial charge in [0.05, 0.1) is 16.0 Å². The molecule has 8 heteroatoms. The summed E-state index contributed by atoms with van der Waals surface area (Å²) in [5.41, 5.74) is -0.407. The molecule has 15 heavy (non-hydrogen) atoms. The van der Waals surface area contributed by atoms with Gasteiger partial charge in [-0.15, -0.1) is 0 Å². The summed E-state index contributed by atoms with van der Waals surface area (Å²) in [6, 6.07) is 1.89. The monoisotopic (exact) mass is 275 g/mol. The summed E-state index contributed by atoms with van der Waals surface area (Å²) < 4.78 is 21.1. The minimum atomic E-state index is -2.61. The summed E-state index contributed by atoms with van der Waals surface area (Å²) in [7, 11) is 0. The van der Waals surface area contributed by atoms with E-state index >= 15 is 0 Å². The van der Waals surface area contributed by atoms with Crippen molar-refractivity contribution in [3.05, 3.63) is 27.7 Å². The molecule has 0 heterocycles.